The largest absolute Gasteiger partial charge is 0.192 e. The molecule has 6 rings (SSSR count). The van der Waals surface area contributed by atoms with E-state index in [2.05, 4.69) is 80.4 Å². The molecule has 4 heteroatoms. The highest BCUT2D eigenvalue weighted by Crippen LogP contribution is 2.63. The Labute approximate surface area is 196 Å². The van der Waals surface area contributed by atoms with Crippen LogP contribution in [0.25, 0.3) is 22.3 Å². The van der Waals surface area contributed by atoms with Crippen molar-refractivity contribution in [1.29, 1.82) is 10.5 Å². The van der Waals surface area contributed by atoms with Gasteiger partial charge in [0.25, 0.3) is 0 Å². The highest BCUT2D eigenvalue weighted by molar-refractivity contribution is 9.10. The second-order valence-electron chi connectivity index (χ2n) is 7.87. The minimum Gasteiger partial charge on any atom is -0.192 e. The molecule has 4 aromatic carbocycles. The highest BCUT2D eigenvalue weighted by atomic mass is 79.9. The van der Waals surface area contributed by atoms with Crippen molar-refractivity contribution in [2.75, 3.05) is 0 Å². The summed E-state index contributed by atoms with van der Waals surface area (Å²) in [6, 6.07) is 29.3. The molecule has 2 aliphatic carbocycles. The minimum atomic E-state index is -0.581. The van der Waals surface area contributed by atoms with E-state index in [1.54, 1.807) is 0 Å². The maximum atomic E-state index is 9.67. The lowest BCUT2D eigenvalue weighted by atomic mass is 9.70. The van der Waals surface area contributed by atoms with Crippen molar-refractivity contribution in [1.82, 2.24) is 0 Å². The zero-order valence-corrected chi connectivity index (χ0v) is 19.3. The number of nitriles is 2. The van der Waals surface area contributed by atoms with Crippen LogP contribution in [0.3, 0.4) is 0 Å². The Morgan fingerprint density at radius 2 is 0.871 bits per heavy atom. The molecular formula is C27H12Br2N2. The summed E-state index contributed by atoms with van der Waals surface area (Å²) in [6.45, 7) is 0. The third-order valence-corrected chi connectivity index (χ3v) is 7.44. The third kappa shape index (κ3) is 2.30. The molecule has 0 bridgehead atoms. The summed E-state index contributed by atoms with van der Waals surface area (Å²) in [6.07, 6.45) is 0. The average molecular weight is 524 g/mol. The Kier molecular flexibility index (Phi) is 3.84. The Morgan fingerprint density at radius 1 is 0.516 bits per heavy atom. The average Bonchev–Trinajstić information content (AvgIpc) is 3.24. The first kappa shape index (κ1) is 18.6. The molecule has 0 saturated carbocycles. The van der Waals surface area contributed by atoms with E-state index < -0.39 is 5.41 Å². The minimum absolute atomic E-state index is 0.581. The molecule has 0 heterocycles. The van der Waals surface area contributed by atoms with Crippen molar-refractivity contribution in [2.24, 2.45) is 0 Å². The van der Waals surface area contributed by atoms with Crippen LogP contribution in [0.1, 0.15) is 33.4 Å². The molecule has 0 radical (unpaired) electrons. The predicted molar refractivity (Wildman–Crippen MR) is 128 cm³/mol. The van der Waals surface area contributed by atoms with Gasteiger partial charge in [-0.3, -0.25) is 0 Å². The fraction of sp³-hybridized carbons (Fsp3) is 0.0370. The number of hydrogen-bond donors (Lipinski definition) is 0. The van der Waals surface area contributed by atoms with Gasteiger partial charge in [0.15, 0.2) is 0 Å². The Balaban J connectivity index is 1.88. The van der Waals surface area contributed by atoms with E-state index in [-0.39, 0.29) is 0 Å². The predicted octanol–water partition coefficient (Wildman–Crippen LogP) is 7.30. The van der Waals surface area contributed by atoms with Crippen LogP contribution in [0.5, 0.6) is 0 Å². The van der Waals surface area contributed by atoms with Gasteiger partial charge in [-0.15, -0.1) is 0 Å². The van der Waals surface area contributed by atoms with Gasteiger partial charge in [-0.1, -0.05) is 56.1 Å². The summed E-state index contributed by atoms with van der Waals surface area (Å²) in [5.74, 6) is 0. The topological polar surface area (TPSA) is 47.6 Å². The number of hydrogen-bond acceptors (Lipinski definition) is 2. The summed E-state index contributed by atoms with van der Waals surface area (Å²) in [5, 5.41) is 19.3. The van der Waals surface area contributed by atoms with E-state index in [0.717, 1.165) is 31.2 Å². The Bertz CT molecular complexity index is 1420. The number of rotatable bonds is 0. The van der Waals surface area contributed by atoms with Crippen LogP contribution < -0.4 is 0 Å². The highest BCUT2D eigenvalue weighted by Gasteiger charge is 2.52. The quantitative estimate of drug-likeness (QED) is 0.210. The van der Waals surface area contributed by atoms with E-state index in [1.807, 2.05) is 36.4 Å². The maximum Gasteiger partial charge on any atom is 0.0991 e. The van der Waals surface area contributed by atoms with Gasteiger partial charge in [-0.2, -0.15) is 10.5 Å². The van der Waals surface area contributed by atoms with Gasteiger partial charge in [0.2, 0.25) is 0 Å². The third-order valence-electron chi connectivity index (χ3n) is 6.46. The first-order chi connectivity index (χ1) is 15.1. The molecule has 0 aliphatic heterocycles. The summed E-state index contributed by atoms with van der Waals surface area (Å²) < 4.78 is 2.00. The van der Waals surface area contributed by atoms with Crippen molar-refractivity contribution in [2.45, 2.75) is 5.41 Å². The van der Waals surface area contributed by atoms with E-state index >= 15 is 0 Å². The SMILES string of the molecule is N#Cc1ccc2c(c1)C1(c3cc(Br)ccc3-c3ccc(Br)cc31)c1cc(C#N)ccc1-2. The lowest BCUT2D eigenvalue weighted by molar-refractivity contribution is 0.791. The zero-order chi connectivity index (χ0) is 21.3. The van der Waals surface area contributed by atoms with Gasteiger partial charge in [0, 0.05) is 8.95 Å². The van der Waals surface area contributed by atoms with Gasteiger partial charge in [0.1, 0.15) is 0 Å². The van der Waals surface area contributed by atoms with Gasteiger partial charge < -0.3 is 0 Å². The van der Waals surface area contributed by atoms with Crippen molar-refractivity contribution < 1.29 is 0 Å². The molecule has 4 aromatic rings. The van der Waals surface area contributed by atoms with Crippen LogP contribution >= 0.6 is 31.9 Å². The van der Waals surface area contributed by atoms with Crippen LogP contribution in [-0.4, -0.2) is 0 Å². The number of fused-ring (bicyclic) bond motifs is 10. The molecule has 0 N–H and O–H groups in total. The summed E-state index contributed by atoms with van der Waals surface area (Å²) in [5.41, 5.74) is 9.76. The number of benzene rings is 4. The Hall–Kier alpha value is -3.18. The Morgan fingerprint density at radius 3 is 1.26 bits per heavy atom. The smallest absolute Gasteiger partial charge is 0.0991 e. The van der Waals surface area contributed by atoms with Crippen LogP contribution in [0.4, 0.5) is 0 Å². The second-order valence-corrected chi connectivity index (χ2v) is 9.71. The fourth-order valence-electron chi connectivity index (χ4n) is 5.31. The zero-order valence-electron chi connectivity index (χ0n) is 16.1. The van der Waals surface area contributed by atoms with Crippen molar-refractivity contribution in [3.63, 3.8) is 0 Å². The van der Waals surface area contributed by atoms with Gasteiger partial charge >= 0.3 is 0 Å². The van der Waals surface area contributed by atoms with Crippen LogP contribution in [-0.2, 0) is 5.41 Å². The summed E-state index contributed by atoms with van der Waals surface area (Å²) in [7, 11) is 0. The van der Waals surface area contributed by atoms with Crippen LogP contribution in [0.2, 0.25) is 0 Å². The van der Waals surface area contributed by atoms with Gasteiger partial charge in [-0.05, 0) is 93.0 Å². The van der Waals surface area contributed by atoms with E-state index in [4.69, 9.17) is 0 Å². The molecular weight excluding hydrogens is 512 g/mol. The normalized spacial score (nSPS) is 13.7. The molecule has 0 saturated heterocycles. The van der Waals surface area contributed by atoms with Gasteiger partial charge in [-0.25, -0.2) is 0 Å². The molecule has 2 nitrogen and oxygen atoms in total. The summed E-state index contributed by atoms with van der Waals surface area (Å²) in [4.78, 5) is 0. The van der Waals surface area contributed by atoms with Crippen LogP contribution in [0.15, 0.2) is 81.7 Å². The van der Waals surface area contributed by atoms with Gasteiger partial charge in [0.05, 0.1) is 28.7 Å². The lowest BCUT2D eigenvalue weighted by Gasteiger charge is -2.30. The monoisotopic (exact) mass is 522 g/mol. The fourth-order valence-corrected chi connectivity index (χ4v) is 6.03. The first-order valence-electron chi connectivity index (χ1n) is 9.78. The van der Waals surface area contributed by atoms with E-state index in [9.17, 15) is 10.5 Å². The van der Waals surface area contributed by atoms with Crippen molar-refractivity contribution in [3.05, 3.63) is 115 Å². The molecule has 0 aromatic heterocycles. The molecule has 1 spiro atoms. The first-order valence-corrected chi connectivity index (χ1v) is 11.4. The van der Waals surface area contributed by atoms with Crippen molar-refractivity contribution in [3.8, 4) is 34.4 Å². The molecule has 2 aliphatic rings. The van der Waals surface area contributed by atoms with E-state index in [1.165, 1.54) is 22.3 Å². The molecule has 0 unspecified atom stereocenters. The van der Waals surface area contributed by atoms with Crippen molar-refractivity contribution >= 4 is 31.9 Å². The van der Waals surface area contributed by atoms with Crippen LogP contribution in [0, 0.1) is 22.7 Å². The lowest BCUT2D eigenvalue weighted by Crippen LogP contribution is -2.26. The molecule has 0 atom stereocenters. The molecule has 0 fully saturated rings. The number of nitrogens with zero attached hydrogens (tertiary/aromatic N) is 2. The molecule has 0 amide bonds. The maximum absolute atomic E-state index is 9.67. The second kappa shape index (κ2) is 6.41. The molecule has 144 valence electrons. The standard InChI is InChI=1S/C27H12Br2N2/c28-17-3-7-21-22-8-4-18(29)12-26(22)27(25(21)11-17)23-9-15(13-30)1-5-19(23)20-6-2-16(14-31)10-24(20)27/h1-12H. The summed E-state index contributed by atoms with van der Waals surface area (Å²) >= 11 is 7.35. The van der Waals surface area contributed by atoms with E-state index in [0.29, 0.717) is 11.1 Å². The molecule has 31 heavy (non-hydrogen) atoms. The number of halogens is 2.